The number of benzene rings is 1. The molecule has 1 rings (SSSR count). The lowest BCUT2D eigenvalue weighted by atomic mass is 10.0. The minimum absolute atomic E-state index is 0.137. The molecule has 17 nitrogen and oxygen atoms in total. The van der Waals surface area contributed by atoms with Crippen molar-refractivity contribution in [1.29, 1.82) is 0 Å². The molecule has 1 aromatic rings. The van der Waals surface area contributed by atoms with Crippen LogP contribution in [0.3, 0.4) is 0 Å². The quantitative estimate of drug-likeness (QED) is 0.0515. The fraction of sp³-hybridized carbons (Fsp3) is 0.840. The van der Waals surface area contributed by atoms with Crippen LogP contribution in [0.4, 0.5) is 4.79 Å². The van der Waals surface area contributed by atoms with Crippen LogP contribution in [0.1, 0.15) is 102 Å². The van der Waals surface area contributed by atoms with Crippen LogP contribution in [-0.2, 0) is 77.7 Å². The van der Waals surface area contributed by atoms with Crippen molar-refractivity contribution in [3.8, 4) is 0 Å². The van der Waals surface area contributed by atoms with Crippen molar-refractivity contribution in [3.05, 3.63) is 35.9 Å². The number of unbranched alkanes of at least 4 members (excludes halogenated alkanes) is 12. The van der Waals surface area contributed by atoms with Crippen LogP contribution in [0.15, 0.2) is 30.3 Å². The minimum atomic E-state index is -0.472. The molecule has 1 aromatic carbocycles. The Morgan fingerprint density at radius 3 is 1.00 bits per heavy atom. The molecule has 0 radical (unpaired) electrons. The molecule has 392 valence electrons. The number of hydrogen-bond donors (Lipinski definition) is 1. The van der Waals surface area contributed by atoms with Gasteiger partial charge in [-0.15, -0.1) is 0 Å². The van der Waals surface area contributed by atoms with Crippen LogP contribution >= 0.6 is 0 Å². The monoisotopic (exact) mass is 962 g/mol. The van der Waals surface area contributed by atoms with Gasteiger partial charge in [-0.3, -0.25) is 4.79 Å². The SMILES string of the molecule is CCCCCCCCCCCCCCCC(=O)OCCOCCOCCOCCOCCOCCOCCOCCOCCOCCOCCOCCOCCNC(=O)OCc1ccccc1. The van der Waals surface area contributed by atoms with Crippen molar-refractivity contribution in [3.63, 3.8) is 0 Å². The summed E-state index contributed by atoms with van der Waals surface area (Å²) in [6.45, 7) is 14.3. The molecule has 0 fully saturated rings. The van der Waals surface area contributed by atoms with Crippen LogP contribution < -0.4 is 5.32 Å². The molecule has 0 atom stereocenters. The minimum Gasteiger partial charge on any atom is -0.463 e. The van der Waals surface area contributed by atoms with Crippen molar-refractivity contribution in [1.82, 2.24) is 5.32 Å². The van der Waals surface area contributed by atoms with Crippen molar-refractivity contribution >= 4 is 12.1 Å². The molecule has 17 heteroatoms. The van der Waals surface area contributed by atoms with Crippen molar-refractivity contribution in [2.24, 2.45) is 0 Å². The summed E-state index contributed by atoms with van der Waals surface area (Å²) in [6.07, 6.45) is 16.8. The van der Waals surface area contributed by atoms with Gasteiger partial charge in [0.05, 0.1) is 159 Å². The molecule has 0 aliphatic rings. The number of carbonyl (C=O) groups excluding carboxylic acids is 2. The van der Waals surface area contributed by atoms with E-state index in [-0.39, 0.29) is 19.2 Å². The molecule has 0 bridgehead atoms. The molecular formula is C50H91NO16. The third-order valence-electron chi connectivity index (χ3n) is 9.80. The Bertz CT molecular complexity index is 1140. The molecule has 1 N–H and O–H groups in total. The van der Waals surface area contributed by atoms with Gasteiger partial charge in [0.25, 0.3) is 0 Å². The van der Waals surface area contributed by atoms with E-state index in [1.807, 2.05) is 30.3 Å². The molecule has 67 heavy (non-hydrogen) atoms. The van der Waals surface area contributed by atoms with Crippen molar-refractivity contribution in [2.75, 3.05) is 172 Å². The summed E-state index contributed by atoms with van der Waals surface area (Å²) in [6, 6.07) is 9.51. The standard InChI is InChI=1S/C50H91NO16/c1-2-3-4-5-6-7-8-9-10-11-12-13-17-20-49(52)66-46-45-65-44-43-64-42-41-63-40-39-62-38-37-61-36-35-60-34-33-59-32-31-58-30-29-57-28-27-56-26-25-55-24-23-54-22-21-51-50(53)67-47-48-18-15-14-16-19-48/h14-16,18-19H,2-13,17,20-47H2,1H3,(H,51,53). The zero-order chi connectivity index (χ0) is 47.9. The Morgan fingerprint density at radius 1 is 0.358 bits per heavy atom. The Labute approximate surface area is 403 Å². The Morgan fingerprint density at radius 2 is 0.657 bits per heavy atom. The largest absolute Gasteiger partial charge is 0.463 e. The van der Waals surface area contributed by atoms with E-state index in [1.165, 1.54) is 70.6 Å². The molecule has 0 aliphatic heterocycles. The second kappa shape index (κ2) is 54.4. The Balaban J connectivity index is 1.63. The topological polar surface area (TPSA) is 175 Å². The van der Waals surface area contributed by atoms with E-state index >= 15 is 0 Å². The van der Waals surface area contributed by atoms with Crippen molar-refractivity contribution in [2.45, 2.75) is 103 Å². The van der Waals surface area contributed by atoms with Gasteiger partial charge in [0.2, 0.25) is 0 Å². The summed E-state index contributed by atoms with van der Waals surface area (Å²) in [4.78, 5) is 23.6. The summed E-state index contributed by atoms with van der Waals surface area (Å²) < 4.78 is 76.4. The molecule has 0 unspecified atom stereocenters. The highest BCUT2D eigenvalue weighted by Crippen LogP contribution is 2.13. The zero-order valence-corrected chi connectivity index (χ0v) is 41.4. The van der Waals surface area contributed by atoms with Crippen LogP contribution in [0, 0.1) is 0 Å². The molecule has 0 heterocycles. The maximum atomic E-state index is 11.9. The molecule has 0 spiro atoms. The van der Waals surface area contributed by atoms with Gasteiger partial charge >= 0.3 is 12.1 Å². The van der Waals surface area contributed by atoms with E-state index in [0.29, 0.717) is 172 Å². The van der Waals surface area contributed by atoms with Gasteiger partial charge < -0.3 is 71.6 Å². The van der Waals surface area contributed by atoms with E-state index in [9.17, 15) is 9.59 Å². The second-order valence-corrected chi connectivity index (χ2v) is 15.6. The normalized spacial score (nSPS) is 11.4. The maximum absolute atomic E-state index is 11.9. The Kier molecular flexibility index (Phi) is 50.8. The summed E-state index contributed by atoms with van der Waals surface area (Å²) in [7, 11) is 0. The average molecular weight is 962 g/mol. The number of alkyl carbamates (subject to hydrolysis) is 1. The predicted molar refractivity (Wildman–Crippen MR) is 256 cm³/mol. The number of carbonyl (C=O) groups is 2. The van der Waals surface area contributed by atoms with E-state index in [2.05, 4.69) is 12.2 Å². The fourth-order valence-electron chi connectivity index (χ4n) is 6.09. The fourth-order valence-corrected chi connectivity index (χ4v) is 6.09. The lowest BCUT2D eigenvalue weighted by molar-refractivity contribution is -0.145. The third kappa shape index (κ3) is 51.2. The van der Waals surface area contributed by atoms with Gasteiger partial charge in [-0.1, -0.05) is 114 Å². The number of hydrogen-bond acceptors (Lipinski definition) is 16. The molecule has 0 aliphatic carbocycles. The number of rotatable bonds is 55. The molecule has 1 amide bonds. The third-order valence-corrected chi connectivity index (χ3v) is 9.80. The first-order chi connectivity index (χ1) is 33.2. The molecule has 0 saturated heterocycles. The first-order valence-corrected chi connectivity index (χ1v) is 25.3. The first-order valence-electron chi connectivity index (χ1n) is 25.3. The average Bonchev–Trinajstić information content (AvgIpc) is 3.34. The van der Waals surface area contributed by atoms with Crippen LogP contribution in [0.2, 0.25) is 0 Å². The number of esters is 1. The highest BCUT2D eigenvalue weighted by molar-refractivity contribution is 5.69. The second-order valence-electron chi connectivity index (χ2n) is 15.6. The summed E-state index contributed by atoms with van der Waals surface area (Å²) in [5.74, 6) is -0.137. The van der Waals surface area contributed by atoms with Gasteiger partial charge in [-0.25, -0.2) is 4.79 Å². The van der Waals surface area contributed by atoms with Gasteiger partial charge in [-0.2, -0.15) is 0 Å². The summed E-state index contributed by atoms with van der Waals surface area (Å²) in [5.41, 5.74) is 0.935. The van der Waals surface area contributed by atoms with E-state index in [1.54, 1.807) is 0 Å². The highest BCUT2D eigenvalue weighted by Gasteiger charge is 2.04. The number of amides is 1. The lowest BCUT2D eigenvalue weighted by Gasteiger charge is -2.09. The van der Waals surface area contributed by atoms with Crippen LogP contribution in [0.25, 0.3) is 0 Å². The van der Waals surface area contributed by atoms with Gasteiger partial charge in [0.1, 0.15) is 13.2 Å². The van der Waals surface area contributed by atoms with E-state index in [0.717, 1.165) is 18.4 Å². The highest BCUT2D eigenvalue weighted by atomic mass is 16.6. The summed E-state index contributed by atoms with van der Waals surface area (Å²) >= 11 is 0. The summed E-state index contributed by atoms with van der Waals surface area (Å²) in [5, 5.41) is 2.65. The molecule has 0 saturated carbocycles. The van der Waals surface area contributed by atoms with Crippen LogP contribution in [0.5, 0.6) is 0 Å². The predicted octanol–water partition coefficient (Wildman–Crippen LogP) is 7.14. The van der Waals surface area contributed by atoms with Crippen LogP contribution in [-0.4, -0.2) is 184 Å². The van der Waals surface area contributed by atoms with Gasteiger partial charge in [0, 0.05) is 13.0 Å². The molecule has 0 aromatic heterocycles. The maximum Gasteiger partial charge on any atom is 0.407 e. The smallest absolute Gasteiger partial charge is 0.407 e. The van der Waals surface area contributed by atoms with Gasteiger partial charge in [-0.05, 0) is 12.0 Å². The van der Waals surface area contributed by atoms with E-state index in [4.69, 9.17) is 66.3 Å². The molecular weight excluding hydrogens is 871 g/mol. The lowest BCUT2D eigenvalue weighted by Crippen LogP contribution is -2.28. The van der Waals surface area contributed by atoms with Gasteiger partial charge in [0.15, 0.2) is 0 Å². The number of nitrogens with one attached hydrogen (secondary N) is 1. The van der Waals surface area contributed by atoms with Crippen molar-refractivity contribution < 1.29 is 75.9 Å². The van der Waals surface area contributed by atoms with E-state index < -0.39 is 6.09 Å². The Hall–Kier alpha value is -2.52. The number of ether oxygens (including phenoxy) is 14. The first kappa shape index (κ1) is 62.5. The zero-order valence-electron chi connectivity index (χ0n) is 41.4.